The molecule has 0 heterocycles. The highest BCUT2D eigenvalue weighted by Gasteiger charge is 2.24. The fourth-order valence-corrected chi connectivity index (χ4v) is 2.79. The lowest BCUT2D eigenvalue weighted by molar-refractivity contribution is 0.614. The van der Waals surface area contributed by atoms with Crippen molar-refractivity contribution in [1.29, 1.82) is 0 Å². The molecule has 0 aliphatic heterocycles. The molecule has 0 radical (unpaired) electrons. The average Bonchev–Trinajstić information content (AvgIpc) is 2.26. The fourth-order valence-electron chi connectivity index (χ4n) is 2.79. The maximum absolute atomic E-state index is 13.7. The predicted molar refractivity (Wildman–Crippen MR) is 71.0 cm³/mol. The summed E-state index contributed by atoms with van der Waals surface area (Å²) in [6, 6.07) is 3.44. The molecule has 0 spiro atoms. The van der Waals surface area contributed by atoms with E-state index < -0.39 is 0 Å². The molecule has 0 bridgehead atoms. The number of fused-ring (bicyclic) bond motifs is 1. The van der Waals surface area contributed by atoms with Crippen LogP contribution in [0.1, 0.15) is 63.1 Å². The van der Waals surface area contributed by atoms with E-state index in [9.17, 15) is 4.39 Å². The van der Waals surface area contributed by atoms with Crippen LogP contribution in [0.25, 0.3) is 0 Å². The summed E-state index contributed by atoms with van der Waals surface area (Å²) in [6.07, 6.45) is 0.985. The Morgan fingerprint density at radius 1 is 1.24 bits per heavy atom. The maximum atomic E-state index is 13.7. The summed E-state index contributed by atoms with van der Waals surface area (Å²) >= 11 is 0. The lowest BCUT2D eigenvalue weighted by atomic mass is 9.77. The highest BCUT2D eigenvalue weighted by atomic mass is 19.1. The normalized spacial score (nSPS) is 19.8. The van der Waals surface area contributed by atoms with Crippen LogP contribution in [0, 0.1) is 5.82 Å². The Hall–Kier alpha value is -1.11. The molecule has 1 aromatic rings. The molecule has 17 heavy (non-hydrogen) atoms. The molecule has 1 aliphatic rings. The van der Waals surface area contributed by atoms with Gasteiger partial charge in [-0.2, -0.15) is 0 Å². The molecule has 0 aromatic heterocycles. The van der Waals surface area contributed by atoms with Gasteiger partial charge in [0.15, 0.2) is 0 Å². The summed E-state index contributed by atoms with van der Waals surface area (Å²) in [5, 5.41) is 0. The molecule has 0 fully saturated rings. The van der Waals surface area contributed by atoms with Crippen molar-refractivity contribution in [1.82, 2.24) is 0 Å². The number of hydrogen-bond donors (Lipinski definition) is 0. The van der Waals surface area contributed by atoms with E-state index in [1.807, 2.05) is 0 Å². The van der Waals surface area contributed by atoms with Gasteiger partial charge in [0, 0.05) is 5.92 Å². The SMILES string of the molecule is CC1=C(C)C(C)c2cc(F)cc(C(C)C)c2C1. The number of halogens is 1. The molecule has 2 rings (SSSR count). The summed E-state index contributed by atoms with van der Waals surface area (Å²) in [4.78, 5) is 0. The van der Waals surface area contributed by atoms with Gasteiger partial charge in [-0.15, -0.1) is 0 Å². The molecule has 0 saturated carbocycles. The summed E-state index contributed by atoms with van der Waals surface area (Å²) in [5.41, 5.74) is 6.57. The van der Waals surface area contributed by atoms with Crippen LogP contribution in [0.3, 0.4) is 0 Å². The Morgan fingerprint density at radius 2 is 1.88 bits per heavy atom. The second kappa shape index (κ2) is 4.29. The minimum absolute atomic E-state index is 0.0911. The van der Waals surface area contributed by atoms with Crippen LogP contribution >= 0.6 is 0 Å². The zero-order valence-corrected chi connectivity index (χ0v) is 11.4. The smallest absolute Gasteiger partial charge is 0.123 e. The minimum atomic E-state index is -0.0911. The molecular formula is C16H21F. The van der Waals surface area contributed by atoms with Crippen molar-refractivity contribution in [3.63, 3.8) is 0 Å². The van der Waals surface area contributed by atoms with Crippen LogP contribution < -0.4 is 0 Å². The third-order valence-corrected chi connectivity index (χ3v) is 4.14. The standard InChI is InChI=1S/C16H21F/c1-9(2)14-7-13(17)8-15-12(5)11(4)10(3)6-16(14)15/h7-9,12H,6H2,1-5H3. The van der Waals surface area contributed by atoms with Crippen molar-refractivity contribution in [2.75, 3.05) is 0 Å². The quantitative estimate of drug-likeness (QED) is 0.601. The first-order valence-electron chi connectivity index (χ1n) is 6.40. The van der Waals surface area contributed by atoms with E-state index >= 15 is 0 Å². The van der Waals surface area contributed by atoms with Crippen LogP contribution in [0.15, 0.2) is 23.3 Å². The Bertz CT molecular complexity index is 481. The molecule has 1 aromatic carbocycles. The topological polar surface area (TPSA) is 0 Å². The zero-order chi connectivity index (χ0) is 12.7. The molecule has 1 aliphatic carbocycles. The summed E-state index contributed by atoms with van der Waals surface area (Å²) in [7, 11) is 0. The molecule has 92 valence electrons. The van der Waals surface area contributed by atoms with E-state index in [0.29, 0.717) is 11.8 Å². The van der Waals surface area contributed by atoms with Gasteiger partial charge >= 0.3 is 0 Å². The van der Waals surface area contributed by atoms with Crippen molar-refractivity contribution in [3.8, 4) is 0 Å². The molecular weight excluding hydrogens is 211 g/mol. The fraction of sp³-hybridized carbons (Fsp3) is 0.500. The van der Waals surface area contributed by atoms with Gasteiger partial charge in [-0.05, 0) is 55.0 Å². The van der Waals surface area contributed by atoms with E-state index in [-0.39, 0.29) is 5.82 Å². The van der Waals surface area contributed by atoms with Crippen LogP contribution in [0.2, 0.25) is 0 Å². The highest BCUT2D eigenvalue weighted by Crippen LogP contribution is 2.39. The van der Waals surface area contributed by atoms with E-state index in [2.05, 4.69) is 34.6 Å². The number of allylic oxidation sites excluding steroid dienone is 2. The molecule has 0 saturated heterocycles. The van der Waals surface area contributed by atoms with Gasteiger partial charge in [-0.25, -0.2) is 4.39 Å². The third kappa shape index (κ3) is 2.03. The van der Waals surface area contributed by atoms with Gasteiger partial charge in [0.25, 0.3) is 0 Å². The molecule has 0 N–H and O–H groups in total. The third-order valence-electron chi connectivity index (χ3n) is 4.14. The van der Waals surface area contributed by atoms with Crippen molar-refractivity contribution >= 4 is 0 Å². The lowest BCUT2D eigenvalue weighted by Gasteiger charge is -2.28. The van der Waals surface area contributed by atoms with E-state index in [1.54, 1.807) is 12.1 Å². The van der Waals surface area contributed by atoms with Crippen molar-refractivity contribution in [3.05, 3.63) is 45.8 Å². The van der Waals surface area contributed by atoms with Crippen molar-refractivity contribution in [2.45, 2.75) is 52.9 Å². The first-order chi connectivity index (χ1) is 7.91. The molecule has 0 amide bonds. The Balaban J connectivity index is 2.64. The Labute approximate surface area is 104 Å². The molecule has 1 atom stereocenters. The van der Waals surface area contributed by atoms with Crippen LogP contribution in [0.5, 0.6) is 0 Å². The van der Waals surface area contributed by atoms with Crippen LogP contribution in [-0.2, 0) is 6.42 Å². The molecule has 1 heteroatoms. The maximum Gasteiger partial charge on any atom is 0.123 e. The first-order valence-corrected chi connectivity index (χ1v) is 6.40. The first kappa shape index (κ1) is 12.3. The van der Waals surface area contributed by atoms with Gasteiger partial charge in [0.2, 0.25) is 0 Å². The van der Waals surface area contributed by atoms with Gasteiger partial charge < -0.3 is 0 Å². The van der Waals surface area contributed by atoms with Gasteiger partial charge in [0.1, 0.15) is 5.82 Å². The average molecular weight is 232 g/mol. The predicted octanol–water partition coefficient (Wildman–Crippen LogP) is 4.95. The zero-order valence-electron chi connectivity index (χ0n) is 11.4. The van der Waals surface area contributed by atoms with E-state index in [4.69, 9.17) is 0 Å². The number of hydrogen-bond acceptors (Lipinski definition) is 0. The lowest BCUT2D eigenvalue weighted by Crippen LogP contribution is -2.13. The van der Waals surface area contributed by atoms with Crippen LogP contribution in [0.4, 0.5) is 4.39 Å². The highest BCUT2D eigenvalue weighted by molar-refractivity contribution is 5.48. The van der Waals surface area contributed by atoms with Gasteiger partial charge in [0.05, 0.1) is 0 Å². The van der Waals surface area contributed by atoms with Gasteiger partial charge in [-0.1, -0.05) is 31.9 Å². The summed E-state index contributed by atoms with van der Waals surface area (Å²) in [5.74, 6) is 0.649. The minimum Gasteiger partial charge on any atom is -0.207 e. The van der Waals surface area contributed by atoms with E-state index in [0.717, 1.165) is 6.42 Å². The summed E-state index contributed by atoms with van der Waals surface area (Å²) < 4.78 is 13.7. The van der Waals surface area contributed by atoms with Crippen LogP contribution in [-0.4, -0.2) is 0 Å². The largest absolute Gasteiger partial charge is 0.207 e. The monoisotopic (exact) mass is 232 g/mol. The van der Waals surface area contributed by atoms with Crippen molar-refractivity contribution < 1.29 is 4.39 Å². The Kier molecular flexibility index (Phi) is 3.11. The van der Waals surface area contributed by atoms with E-state index in [1.165, 1.54) is 27.8 Å². The van der Waals surface area contributed by atoms with Gasteiger partial charge in [-0.3, -0.25) is 0 Å². The molecule has 0 nitrogen and oxygen atoms in total. The second-order valence-corrected chi connectivity index (χ2v) is 5.58. The number of rotatable bonds is 1. The number of benzene rings is 1. The Morgan fingerprint density at radius 3 is 2.47 bits per heavy atom. The second-order valence-electron chi connectivity index (χ2n) is 5.58. The molecule has 1 unspecified atom stereocenters. The van der Waals surface area contributed by atoms with Crippen molar-refractivity contribution in [2.24, 2.45) is 0 Å². The summed E-state index contributed by atoms with van der Waals surface area (Å²) in [6.45, 7) is 10.8.